The highest BCUT2D eigenvalue weighted by Crippen LogP contribution is 2.49. The van der Waals surface area contributed by atoms with Gasteiger partial charge in [0.2, 0.25) is 0 Å². The Morgan fingerprint density at radius 3 is 1.06 bits per heavy atom. The summed E-state index contributed by atoms with van der Waals surface area (Å²) < 4.78 is 0. The molecule has 2 rings (SSSR count). The summed E-state index contributed by atoms with van der Waals surface area (Å²) in [6, 6.07) is 0. The van der Waals surface area contributed by atoms with Crippen LogP contribution in [0.5, 0.6) is 0 Å². The highest BCUT2D eigenvalue weighted by atomic mass is 16.3. The Hall–Kier alpha value is -1.12. The molecule has 0 saturated carbocycles. The molecule has 0 amide bonds. The zero-order chi connectivity index (χ0) is 35.9. The number of unbranched alkanes of at least 4 members (excludes halogenated alkanes) is 20. The van der Waals surface area contributed by atoms with Gasteiger partial charge in [-0.3, -0.25) is 0 Å². The molecule has 0 heterocycles. The van der Waals surface area contributed by atoms with Crippen LogP contribution in [0.3, 0.4) is 0 Å². The third-order valence-electron chi connectivity index (χ3n) is 11.9. The van der Waals surface area contributed by atoms with E-state index in [-0.39, 0.29) is 5.41 Å². The molecule has 2 aliphatic rings. The molecule has 49 heavy (non-hydrogen) atoms. The van der Waals surface area contributed by atoms with Gasteiger partial charge in [-0.05, 0) is 49.7 Å². The molecule has 284 valence electrons. The fraction of sp³-hybridized carbons (Fsp3) is 0.830. The van der Waals surface area contributed by atoms with Crippen LogP contribution in [0, 0.1) is 5.41 Å². The Morgan fingerprint density at radius 1 is 0.449 bits per heavy atom. The van der Waals surface area contributed by atoms with E-state index in [4.69, 9.17) is 0 Å². The van der Waals surface area contributed by atoms with Crippen LogP contribution in [0.25, 0.3) is 0 Å². The molecular weight excluding hydrogens is 597 g/mol. The number of aliphatic hydroxyl groups is 2. The van der Waals surface area contributed by atoms with Gasteiger partial charge in [-0.25, -0.2) is 0 Å². The number of hydrogen-bond acceptors (Lipinski definition) is 2. The molecule has 0 bridgehead atoms. The molecule has 2 heteroatoms. The minimum absolute atomic E-state index is 0.148. The van der Waals surface area contributed by atoms with E-state index in [0.29, 0.717) is 0 Å². The maximum absolute atomic E-state index is 11.9. The zero-order valence-electron chi connectivity index (χ0n) is 33.9. The molecule has 0 aromatic rings. The fourth-order valence-corrected chi connectivity index (χ4v) is 8.66. The van der Waals surface area contributed by atoms with Gasteiger partial charge in [-0.15, -0.1) is 0 Å². The van der Waals surface area contributed by atoms with Crippen molar-refractivity contribution in [2.45, 2.75) is 245 Å². The molecule has 0 saturated heterocycles. The first kappa shape index (κ1) is 44.0. The summed E-state index contributed by atoms with van der Waals surface area (Å²) in [5.41, 5.74) is 4.29. The number of rotatable bonds is 30. The summed E-state index contributed by atoms with van der Waals surface area (Å²) in [6.07, 6.45) is 45.3. The van der Waals surface area contributed by atoms with Crippen molar-refractivity contribution in [2.24, 2.45) is 5.41 Å². The number of allylic oxidation sites excluding steroid dienone is 4. The Labute approximate surface area is 306 Å². The first-order valence-corrected chi connectivity index (χ1v) is 21.9. The van der Waals surface area contributed by atoms with Crippen molar-refractivity contribution in [3.63, 3.8) is 0 Å². The zero-order valence-corrected chi connectivity index (χ0v) is 33.9. The van der Waals surface area contributed by atoms with Gasteiger partial charge in [0.15, 0.2) is 0 Å². The topological polar surface area (TPSA) is 40.5 Å². The van der Waals surface area contributed by atoms with E-state index in [1.165, 1.54) is 164 Å². The van der Waals surface area contributed by atoms with Crippen LogP contribution in [0.1, 0.15) is 234 Å². The van der Waals surface area contributed by atoms with Crippen LogP contribution in [0.4, 0.5) is 0 Å². The lowest BCUT2D eigenvalue weighted by Gasteiger charge is -2.41. The predicted octanol–water partition coefficient (Wildman–Crippen LogP) is 15.0. The predicted molar refractivity (Wildman–Crippen MR) is 217 cm³/mol. The van der Waals surface area contributed by atoms with Crippen LogP contribution >= 0.6 is 0 Å². The third-order valence-corrected chi connectivity index (χ3v) is 11.9. The normalized spacial score (nSPS) is 21.4. The fourth-order valence-electron chi connectivity index (χ4n) is 8.66. The van der Waals surface area contributed by atoms with Crippen molar-refractivity contribution in [3.8, 4) is 0 Å². The summed E-state index contributed by atoms with van der Waals surface area (Å²) in [5, 5.41) is 23.8. The van der Waals surface area contributed by atoms with Gasteiger partial charge in [0.05, 0.1) is 11.2 Å². The van der Waals surface area contributed by atoms with Gasteiger partial charge in [0.1, 0.15) is 0 Å². The summed E-state index contributed by atoms with van der Waals surface area (Å²) in [7, 11) is 0. The number of hydrogen-bond donors (Lipinski definition) is 2. The van der Waals surface area contributed by atoms with Crippen molar-refractivity contribution in [1.29, 1.82) is 0 Å². The second-order valence-corrected chi connectivity index (χ2v) is 17.0. The molecule has 2 atom stereocenters. The lowest BCUT2D eigenvalue weighted by molar-refractivity contribution is 0.0744. The van der Waals surface area contributed by atoms with Gasteiger partial charge in [-0.1, -0.05) is 218 Å². The Balaban J connectivity index is 2.30. The van der Waals surface area contributed by atoms with Crippen LogP contribution < -0.4 is 0 Å². The quantitative estimate of drug-likeness (QED) is 0.0741. The smallest absolute Gasteiger partial charge is 0.0868 e. The maximum atomic E-state index is 11.9. The SMILES string of the molecule is CCCCCCCCC1=C(C(C)(C)C2=C(CCCCCCCC)CC(O)(CCCCCCCC)C=C2)C=CC(O)(CCCCCCCC)C1. The van der Waals surface area contributed by atoms with E-state index in [9.17, 15) is 10.2 Å². The first-order chi connectivity index (χ1) is 23.6. The van der Waals surface area contributed by atoms with Crippen LogP contribution in [-0.4, -0.2) is 21.4 Å². The second kappa shape index (κ2) is 25.0. The van der Waals surface area contributed by atoms with Gasteiger partial charge < -0.3 is 10.2 Å². The molecule has 2 N–H and O–H groups in total. The summed E-state index contributed by atoms with van der Waals surface area (Å²) in [6.45, 7) is 14.0. The van der Waals surface area contributed by atoms with Crippen LogP contribution in [0.2, 0.25) is 0 Å². The maximum Gasteiger partial charge on any atom is 0.0868 e. The summed E-state index contributed by atoms with van der Waals surface area (Å²) in [4.78, 5) is 0. The van der Waals surface area contributed by atoms with E-state index in [2.05, 4.69) is 65.8 Å². The summed E-state index contributed by atoms with van der Waals surface area (Å²) >= 11 is 0. The largest absolute Gasteiger partial charge is 0.385 e. The van der Waals surface area contributed by atoms with E-state index >= 15 is 0 Å². The van der Waals surface area contributed by atoms with E-state index in [0.717, 1.165) is 51.4 Å². The van der Waals surface area contributed by atoms with Gasteiger partial charge in [0.25, 0.3) is 0 Å². The molecule has 0 fully saturated rings. The molecular formula is C47H84O2. The minimum Gasteiger partial charge on any atom is -0.385 e. The molecule has 0 aromatic heterocycles. The Kier molecular flexibility index (Phi) is 22.4. The first-order valence-electron chi connectivity index (χ1n) is 21.9. The second-order valence-electron chi connectivity index (χ2n) is 17.0. The highest BCUT2D eigenvalue weighted by Gasteiger charge is 2.39. The van der Waals surface area contributed by atoms with Crippen molar-refractivity contribution < 1.29 is 10.2 Å². The average Bonchev–Trinajstić information content (AvgIpc) is 3.07. The Bertz CT molecular complexity index is 918. The molecule has 2 nitrogen and oxygen atoms in total. The van der Waals surface area contributed by atoms with Crippen LogP contribution in [0.15, 0.2) is 46.6 Å². The molecule has 0 radical (unpaired) electrons. The van der Waals surface area contributed by atoms with E-state index in [1.807, 2.05) is 0 Å². The van der Waals surface area contributed by atoms with Crippen molar-refractivity contribution >= 4 is 0 Å². The molecule has 0 aromatic carbocycles. The van der Waals surface area contributed by atoms with Crippen molar-refractivity contribution in [1.82, 2.24) is 0 Å². The molecule has 0 aliphatic heterocycles. The van der Waals surface area contributed by atoms with E-state index < -0.39 is 11.2 Å². The third kappa shape index (κ3) is 16.8. The molecule has 2 unspecified atom stereocenters. The van der Waals surface area contributed by atoms with Gasteiger partial charge >= 0.3 is 0 Å². The Morgan fingerprint density at radius 2 is 0.735 bits per heavy atom. The highest BCUT2D eigenvalue weighted by molar-refractivity contribution is 5.49. The minimum atomic E-state index is -0.711. The lowest BCUT2D eigenvalue weighted by atomic mass is 9.65. The monoisotopic (exact) mass is 681 g/mol. The summed E-state index contributed by atoms with van der Waals surface area (Å²) in [5.74, 6) is 0. The standard InChI is InChI=1S/C47H84O2/c1-7-11-15-19-23-27-31-41-39-46(48,35-29-25-21-17-13-9-3)37-33-43(41)45(5,6)44-34-38-47(49,36-30-26-22-18-14-10-4)40-42(44)32-28-24-20-16-12-8-2/h33-34,37-38,48-49H,7-32,35-36,39-40H2,1-6H3. The van der Waals surface area contributed by atoms with Crippen molar-refractivity contribution in [2.75, 3.05) is 0 Å². The molecule has 2 aliphatic carbocycles. The van der Waals surface area contributed by atoms with Crippen molar-refractivity contribution in [3.05, 3.63) is 46.6 Å². The van der Waals surface area contributed by atoms with Crippen LogP contribution in [-0.2, 0) is 0 Å². The molecule has 0 spiro atoms. The van der Waals surface area contributed by atoms with Gasteiger partial charge in [0, 0.05) is 18.3 Å². The average molecular weight is 681 g/mol. The lowest BCUT2D eigenvalue weighted by Crippen LogP contribution is -2.34. The van der Waals surface area contributed by atoms with Gasteiger partial charge in [-0.2, -0.15) is 0 Å². The van der Waals surface area contributed by atoms with E-state index in [1.54, 1.807) is 0 Å².